The van der Waals surface area contributed by atoms with Gasteiger partial charge in [-0.1, -0.05) is 5.16 Å². The molecule has 0 radical (unpaired) electrons. The number of aliphatic imine (C=N–C) groups is 1. The number of alkyl carbamates (subject to hydrolysis) is 1. The fraction of sp³-hybridized carbons (Fsp3) is 0.583. The molecule has 2 aromatic rings. The number of imidazole rings is 1. The standard InChI is InChI=1S/C24H29F5N8O5/c1-23(25,26)18-8-15(36-42-18)12-41-22(39)33-11-16-10-32-21(34-16)35-19(37-2-4-40-5-3-37)17(30)7-13-6-14(24(27,28)29)9-31-20(13)38/h8,10,13-14,30H,2-7,9,11-12H2,1H3,(H,31,38)(H,32,34)(H,33,39)/b30-17?,35-19+. The Morgan fingerprint density at radius 3 is 2.69 bits per heavy atom. The molecule has 2 saturated heterocycles. The number of alkyl halides is 5. The smallest absolute Gasteiger partial charge is 0.407 e. The number of hydrogen-bond donors (Lipinski definition) is 4. The third-order valence-electron chi connectivity index (χ3n) is 6.55. The summed E-state index contributed by atoms with van der Waals surface area (Å²) in [6.07, 6.45) is -4.65. The van der Waals surface area contributed by atoms with E-state index in [0.717, 1.165) is 6.07 Å². The van der Waals surface area contributed by atoms with Crippen molar-refractivity contribution in [2.75, 3.05) is 32.8 Å². The average molecular weight is 605 g/mol. The Hall–Kier alpha value is -4.09. The molecule has 4 heterocycles. The van der Waals surface area contributed by atoms with Crippen molar-refractivity contribution in [1.29, 1.82) is 5.41 Å². The van der Waals surface area contributed by atoms with Crippen molar-refractivity contribution in [3.05, 3.63) is 29.4 Å². The van der Waals surface area contributed by atoms with Crippen LogP contribution in [0.1, 0.15) is 36.9 Å². The van der Waals surface area contributed by atoms with Gasteiger partial charge in [0.15, 0.2) is 5.84 Å². The van der Waals surface area contributed by atoms with E-state index in [-0.39, 0.29) is 36.2 Å². The van der Waals surface area contributed by atoms with Crippen LogP contribution in [0.5, 0.6) is 0 Å². The molecule has 13 nitrogen and oxygen atoms in total. The molecule has 230 valence electrons. The topological polar surface area (TPSA) is 171 Å². The quantitative estimate of drug-likeness (QED) is 0.192. The molecule has 0 saturated carbocycles. The Kier molecular flexibility index (Phi) is 9.43. The van der Waals surface area contributed by atoms with Crippen LogP contribution < -0.4 is 10.6 Å². The van der Waals surface area contributed by atoms with Gasteiger partial charge in [0, 0.05) is 45.0 Å². The van der Waals surface area contributed by atoms with Crippen LogP contribution in [0.3, 0.4) is 0 Å². The van der Waals surface area contributed by atoms with E-state index < -0.39 is 61.3 Å². The summed E-state index contributed by atoms with van der Waals surface area (Å²) in [6.45, 7) is 1.09. The highest BCUT2D eigenvalue weighted by atomic mass is 19.4. The van der Waals surface area contributed by atoms with E-state index in [1.54, 1.807) is 4.90 Å². The molecule has 0 aromatic carbocycles. The first-order valence-electron chi connectivity index (χ1n) is 12.9. The second kappa shape index (κ2) is 12.8. The molecular weight excluding hydrogens is 575 g/mol. The van der Waals surface area contributed by atoms with Gasteiger partial charge in [-0.3, -0.25) is 4.79 Å². The number of aromatic amines is 1. The van der Waals surface area contributed by atoms with Crippen LogP contribution in [0.15, 0.2) is 21.8 Å². The predicted octanol–water partition coefficient (Wildman–Crippen LogP) is 3.02. The minimum Gasteiger partial charge on any atom is -0.443 e. The van der Waals surface area contributed by atoms with Crippen LogP contribution in [0.4, 0.5) is 32.7 Å². The monoisotopic (exact) mass is 604 g/mol. The van der Waals surface area contributed by atoms with Gasteiger partial charge in [0.25, 0.3) is 0 Å². The van der Waals surface area contributed by atoms with Gasteiger partial charge >= 0.3 is 18.2 Å². The molecule has 2 atom stereocenters. The molecule has 2 amide bonds. The van der Waals surface area contributed by atoms with Crippen LogP contribution in [-0.2, 0) is 33.3 Å². The summed E-state index contributed by atoms with van der Waals surface area (Å²) in [5.41, 5.74) is 0.265. The number of ether oxygens (including phenoxy) is 2. The fourth-order valence-electron chi connectivity index (χ4n) is 4.31. The van der Waals surface area contributed by atoms with Crippen molar-refractivity contribution < 1.29 is 45.5 Å². The molecular formula is C24H29F5N8O5. The van der Waals surface area contributed by atoms with Gasteiger partial charge in [0.05, 0.1) is 43.3 Å². The lowest BCUT2D eigenvalue weighted by Crippen LogP contribution is -2.49. The van der Waals surface area contributed by atoms with Crippen LogP contribution in [0.25, 0.3) is 0 Å². The van der Waals surface area contributed by atoms with E-state index in [1.165, 1.54) is 6.20 Å². The Morgan fingerprint density at radius 2 is 2.02 bits per heavy atom. The maximum atomic E-state index is 13.3. The van der Waals surface area contributed by atoms with E-state index in [2.05, 4.69) is 35.3 Å². The molecule has 4 rings (SSSR count). The average Bonchev–Trinajstić information content (AvgIpc) is 3.60. The van der Waals surface area contributed by atoms with Crippen LogP contribution in [-0.4, -0.2) is 82.6 Å². The molecule has 0 aliphatic carbocycles. The molecule has 18 heteroatoms. The molecule has 2 aliphatic heterocycles. The summed E-state index contributed by atoms with van der Waals surface area (Å²) >= 11 is 0. The third-order valence-corrected chi connectivity index (χ3v) is 6.55. The summed E-state index contributed by atoms with van der Waals surface area (Å²) in [7, 11) is 0. The lowest BCUT2D eigenvalue weighted by molar-refractivity contribution is -0.183. The number of amidine groups is 1. The lowest BCUT2D eigenvalue weighted by atomic mass is 9.85. The van der Waals surface area contributed by atoms with Gasteiger partial charge in [-0.25, -0.2) is 9.78 Å². The van der Waals surface area contributed by atoms with Gasteiger partial charge in [0.1, 0.15) is 12.3 Å². The molecule has 0 spiro atoms. The van der Waals surface area contributed by atoms with E-state index in [1.807, 2.05) is 0 Å². The zero-order valence-electron chi connectivity index (χ0n) is 22.4. The number of H-pyrrole nitrogens is 1. The van der Waals surface area contributed by atoms with Crippen LogP contribution >= 0.6 is 0 Å². The van der Waals surface area contributed by atoms with Gasteiger partial charge in [-0.2, -0.15) is 26.9 Å². The summed E-state index contributed by atoms with van der Waals surface area (Å²) in [6, 6.07) is 0.978. The van der Waals surface area contributed by atoms with E-state index >= 15 is 0 Å². The number of carbonyl (C=O) groups is 2. The molecule has 2 fully saturated rings. The number of amides is 2. The normalized spacial score (nSPS) is 20.3. The molecule has 2 aromatic heterocycles. The number of piperidine rings is 1. The highest BCUT2D eigenvalue weighted by molar-refractivity contribution is 6.40. The number of hydrogen-bond acceptors (Lipinski definition) is 9. The lowest BCUT2D eigenvalue weighted by Gasteiger charge is -2.33. The highest BCUT2D eigenvalue weighted by Crippen LogP contribution is 2.34. The van der Waals surface area contributed by atoms with E-state index in [0.29, 0.717) is 38.9 Å². The Labute approximate surface area is 235 Å². The number of nitrogens with one attached hydrogen (secondary N) is 4. The first-order chi connectivity index (χ1) is 19.8. The first-order valence-corrected chi connectivity index (χ1v) is 12.9. The van der Waals surface area contributed by atoms with Crippen LogP contribution in [0.2, 0.25) is 0 Å². The molecule has 0 bridgehead atoms. The minimum absolute atomic E-state index is 0.00226. The minimum atomic E-state index is -4.47. The Bertz CT molecular complexity index is 1300. The summed E-state index contributed by atoms with van der Waals surface area (Å²) in [4.78, 5) is 37.5. The second-order valence-corrected chi connectivity index (χ2v) is 9.87. The maximum Gasteiger partial charge on any atom is 0.407 e. The van der Waals surface area contributed by atoms with Gasteiger partial charge in [0.2, 0.25) is 17.6 Å². The summed E-state index contributed by atoms with van der Waals surface area (Å²) < 4.78 is 81.1. The number of carbonyl (C=O) groups excluding carboxylic acids is 2. The maximum absolute atomic E-state index is 13.3. The summed E-state index contributed by atoms with van der Waals surface area (Å²) in [5.74, 6) is -6.99. The van der Waals surface area contributed by atoms with Crippen molar-refractivity contribution in [3.8, 4) is 0 Å². The number of morpholine rings is 1. The molecule has 42 heavy (non-hydrogen) atoms. The second-order valence-electron chi connectivity index (χ2n) is 9.87. The zero-order valence-corrected chi connectivity index (χ0v) is 22.4. The van der Waals surface area contributed by atoms with Gasteiger partial charge < -0.3 is 39.9 Å². The van der Waals surface area contributed by atoms with Crippen LogP contribution in [0, 0.1) is 17.2 Å². The molecule has 2 unspecified atom stereocenters. The van der Waals surface area contributed by atoms with Gasteiger partial charge in [-0.05, 0) is 6.42 Å². The van der Waals surface area contributed by atoms with E-state index in [9.17, 15) is 31.5 Å². The Balaban J connectivity index is 1.37. The third kappa shape index (κ3) is 8.23. The highest BCUT2D eigenvalue weighted by Gasteiger charge is 2.45. The fourth-order valence-corrected chi connectivity index (χ4v) is 4.31. The van der Waals surface area contributed by atoms with Gasteiger partial charge in [-0.15, -0.1) is 0 Å². The zero-order chi connectivity index (χ0) is 30.5. The first kappa shape index (κ1) is 30.9. The SMILES string of the molecule is CC(F)(F)c1cc(COC(=O)NCc2cnc(/N=C(\C(=N)CC3CC(C(F)(F)F)CNC3=O)N3CCOCC3)[nH]2)no1. The van der Waals surface area contributed by atoms with Crippen molar-refractivity contribution in [3.63, 3.8) is 0 Å². The predicted molar refractivity (Wildman–Crippen MR) is 134 cm³/mol. The summed E-state index contributed by atoms with van der Waals surface area (Å²) in [5, 5.41) is 16.8. The van der Waals surface area contributed by atoms with Crippen molar-refractivity contribution in [2.45, 2.75) is 45.0 Å². The largest absolute Gasteiger partial charge is 0.443 e. The van der Waals surface area contributed by atoms with Crippen molar-refractivity contribution >= 4 is 29.5 Å². The van der Waals surface area contributed by atoms with E-state index in [4.69, 9.17) is 14.9 Å². The molecule has 2 aliphatic rings. The van der Waals surface area contributed by atoms with Crippen molar-refractivity contribution in [1.82, 2.24) is 30.7 Å². The Morgan fingerprint density at radius 1 is 1.29 bits per heavy atom. The number of halogens is 5. The van der Waals surface area contributed by atoms with Crippen molar-refractivity contribution in [2.24, 2.45) is 16.8 Å². The number of rotatable bonds is 9. The molecule has 4 N–H and O–H groups in total. The number of aromatic nitrogens is 3. The number of nitrogens with zero attached hydrogens (tertiary/aromatic N) is 4.